The van der Waals surface area contributed by atoms with Crippen molar-refractivity contribution >= 4 is 5.69 Å². The van der Waals surface area contributed by atoms with Crippen molar-refractivity contribution in [3.05, 3.63) is 64.2 Å². The zero-order valence-corrected chi connectivity index (χ0v) is 8.81. The second-order valence-corrected chi connectivity index (χ2v) is 3.52. The Balaban J connectivity index is 2.53. The lowest BCUT2D eigenvalue weighted by Gasteiger charge is -2.04. The summed E-state index contributed by atoms with van der Waals surface area (Å²) in [5, 5.41) is 10.7. The molecule has 0 unspecified atom stereocenters. The lowest BCUT2D eigenvalue weighted by atomic mass is 10.0. The third-order valence-electron chi connectivity index (χ3n) is 2.43. The molecule has 0 aliphatic rings. The monoisotopic (exact) mass is 212 g/mol. The van der Waals surface area contributed by atoms with Gasteiger partial charge in [0.15, 0.2) is 0 Å². The maximum atomic E-state index is 10.7. The number of nitrogens with zero attached hydrogens (tertiary/aromatic N) is 1. The molecule has 2 aromatic rings. The fourth-order valence-corrected chi connectivity index (χ4v) is 1.62. The molecular formula is C13H10NO2. The van der Waals surface area contributed by atoms with Gasteiger partial charge < -0.3 is 0 Å². The Morgan fingerprint density at radius 3 is 2.75 bits per heavy atom. The third-order valence-corrected chi connectivity index (χ3v) is 2.43. The molecule has 0 aliphatic carbocycles. The van der Waals surface area contributed by atoms with E-state index in [1.807, 2.05) is 31.2 Å². The van der Waals surface area contributed by atoms with Gasteiger partial charge in [-0.3, -0.25) is 10.1 Å². The summed E-state index contributed by atoms with van der Waals surface area (Å²) in [7, 11) is 0. The van der Waals surface area contributed by atoms with Gasteiger partial charge in [0.2, 0.25) is 0 Å². The number of aryl methyl sites for hydroxylation is 1. The highest BCUT2D eigenvalue weighted by atomic mass is 16.6. The summed E-state index contributed by atoms with van der Waals surface area (Å²) in [6.07, 6.45) is 0. The zero-order valence-electron chi connectivity index (χ0n) is 8.81. The van der Waals surface area contributed by atoms with Crippen molar-refractivity contribution < 1.29 is 4.92 Å². The quantitative estimate of drug-likeness (QED) is 0.565. The minimum absolute atomic E-state index is 0.112. The van der Waals surface area contributed by atoms with Gasteiger partial charge in [-0.2, -0.15) is 0 Å². The van der Waals surface area contributed by atoms with Crippen molar-refractivity contribution in [2.75, 3.05) is 0 Å². The Bertz CT molecular complexity index is 535. The van der Waals surface area contributed by atoms with E-state index >= 15 is 0 Å². The van der Waals surface area contributed by atoms with Crippen LogP contribution < -0.4 is 0 Å². The average Bonchev–Trinajstić information content (AvgIpc) is 2.30. The Morgan fingerprint density at radius 2 is 2.06 bits per heavy atom. The molecule has 3 nitrogen and oxygen atoms in total. The predicted molar refractivity (Wildman–Crippen MR) is 62.1 cm³/mol. The van der Waals surface area contributed by atoms with Crippen LogP contribution in [0.15, 0.2) is 42.5 Å². The molecule has 0 spiro atoms. The first-order valence-corrected chi connectivity index (χ1v) is 4.90. The largest absolute Gasteiger partial charge is 0.270 e. The van der Waals surface area contributed by atoms with Gasteiger partial charge in [-0.05, 0) is 29.7 Å². The van der Waals surface area contributed by atoms with E-state index < -0.39 is 0 Å². The first kappa shape index (κ1) is 10.4. The van der Waals surface area contributed by atoms with Crippen LogP contribution in [0.25, 0.3) is 11.1 Å². The Morgan fingerprint density at radius 1 is 1.25 bits per heavy atom. The number of rotatable bonds is 2. The predicted octanol–water partition coefficient (Wildman–Crippen LogP) is 3.37. The van der Waals surface area contributed by atoms with Crippen molar-refractivity contribution in [2.45, 2.75) is 6.92 Å². The van der Waals surface area contributed by atoms with E-state index in [1.54, 1.807) is 12.1 Å². The molecule has 79 valence electrons. The molecule has 0 N–H and O–H groups in total. The molecule has 0 amide bonds. The van der Waals surface area contributed by atoms with Crippen LogP contribution in [0.1, 0.15) is 5.56 Å². The molecule has 2 aromatic carbocycles. The fraction of sp³-hybridized carbons (Fsp3) is 0.0769. The van der Waals surface area contributed by atoms with Crippen molar-refractivity contribution in [1.29, 1.82) is 0 Å². The molecule has 3 heteroatoms. The van der Waals surface area contributed by atoms with Crippen LogP contribution in [0.2, 0.25) is 0 Å². The molecular weight excluding hydrogens is 202 g/mol. The number of nitro groups is 1. The van der Waals surface area contributed by atoms with Gasteiger partial charge in [-0.25, -0.2) is 0 Å². The number of hydrogen-bond acceptors (Lipinski definition) is 2. The van der Waals surface area contributed by atoms with Gasteiger partial charge in [0, 0.05) is 12.1 Å². The Labute approximate surface area is 93.5 Å². The van der Waals surface area contributed by atoms with E-state index in [1.165, 1.54) is 6.07 Å². The van der Waals surface area contributed by atoms with Gasteiger partial charge in [0.1, 0.15) is 0 Å². The van der Waals surface area contributed by atoms with Crippen LogP contribution in [0, 0.1) is 23.1 Å². The molecule has 16 heavy (non-hydrogen) atoms. The van der Waals surface area contributed by atoms with Gasteiger partial charge in [0.05, 0.1) is 4.92 Å². The third kappa shape index (κ3) is 1.93. The molecule has 2 rings (SSSR count). The van der Waals surface area contributed by atoms with Gasteiger partial charge >= 0.3 is 0 Å². The van der Waals surface area contributed by atoms with Crippen molar-refractivity contribution in [2.24, 2.45) is 0 Å². The van der Waals surface area contributed by atoms with E-state index in [9.17, 15) is 10.1 Å². The molecule has 0 fully saturated rings. The summed E-state index contributed by atoms with van der Waals surface area (Å²) < 4.78 is 0. The van der Waals surface area contributed by atoms with Crippen molar-refractivity contribution in [1.82, 2.24) is 0 Å². The summed E-state index contributed by atoms with van der Waals surface area (Å²) in [6.45, 7) is 1.94. The summed E-state index contributed by atoms with van der Waals surface area (Å²) in [4.78, 5) is 10.3. The molecule has 0 heterocycles. The second-order valence-electron chi connectivity index (χ2n) is 3.52. The normalized spacial score (nSPS) is 10.1. The lowest BCUT2D eigenvalue weighted by Crippen LogP contribution is -1.89. The smallest absolute Gasteiger partial charge is 0.258 e. The van der Waals surface area contributed by atoms with Crippen LogP contribution in [-0.2, 0) is 0 Å². The average molecular weight is 212 g/mol. The summed E-state index contributed by atoms with van der Waals surface area (Å²) in [5.74, 6) is 0. The molecule has 0 aliphatic heterocycles. The topological polar surface area (TPSA) is 43.1 Å². The van der Waals surface area contributed by atoms with Gasteiger partial charge in [0.25, 0.3) is 5.69 Å². The van der Waals surface area contributed by atoms with E-state index in [-0.39, 0.29) is 10.6 Å². The maximum absolute atomic E-state index is 10.7. The molecule has 0 saturated carbocycles. The van der Waals surface area contributed by atoms with Gasteiger partial charge in [-0.15, -0.1) is 0 Å². The van der Waals surface area contributed by atoms with Gasteiger partial charge in [-0.1, -0.05) is 30.3 Å². The fourth-order valence-electron chi connectivity index (χ4n) is 1.62. The maximum Gasteiger partial charge on any atom is 0.270 e. The highest BCUT2D eigenvalue weighted by Gasteiger charge is 2.07. The molecule has 0 atom stereocenters. The van der Waals surface area contributed by atoms with E-state index in [0.717, 1.165) is 16.7 Å². The highest BCUT2D eigenvalue weighted by Crippen LogP contribution is 2.25. The highest BCUT2D eigenvalue weighted by molar-refractivity contribution is 5.68. The van der Waals surface area contributed by atoms with Crippen LogP contribution in [0.5, 0.6) is 0 Å². The van der Waals surface area contributed by atoms with Crippen LogP contribution in [0.3, 0.4) is 0 Å². The zero-order chi connectivity index (χ0) is 11.5. The van der Waals surface area contributed by atoms with E-state index in [4.69, 9.17) is 0 Å². The number of non-ortho nitro benzene ring substituents is 1. The van der Waals surface area contributed by atoms with Crippen LogP contribution in [0.4, 0.5) is 5.69 Å². The minimum atomic E-state index is -0.383. The van der Waals surface area contributed by atoms with Crippen molar-refractivity contribution in [3.8, 4) is 11.1 Å². The summed E-state index contributed by atoms with van der Waals surface area (Å²) in [6, 6.07) is 15.3. The first-order valence-electron chi connectivity index (χ1n) is 4.90. The number of nitro benzene ring substituents is 1. The lowest BCUT2D eigenvalue weighted by molar-refractivity contribution is -0.384. The molecule has 0 saturated heterocycles. The summed E-state index contributed by atoms with van der Waals surface area (Å²) >= 11 is 0. The first-order chi connectivity index (χ1) is 7.68. The Kier molecular flexibility index (Phi) is 2.68. The second kappa shape index (κ2) is 4.14. The number of benzene rings is 2. The number of hydrogen-bond donors (Lipinski definition) is 0. The van der Waals surface area contributed by atoms with Crippen molar-refractivity contribution in [3.63, 3.8) is 0 Å². The summed E-state index contributed by atoms with van der Waals surface area (Å²) in [5.41, 5.74) is 2.93. The molecule has 0 aromatic heterocycles. The SMILES string of the molecule is Cc1[c]cccc1-c1cccc([N+](=O)[O-])c1. The van der Waals surface area contributed by atoms with E-state index in [0.29, 0.717) is 0 Å². The molecule has 0 bridgehead atoms. The van der Waals surface area contributed by atoms with E-state index in [2.05, 4.69) is 6.07 Å². The minimum Gasteiger partial charge on any atom is -0.258 e. The Hall–Kier alpha value is -2.16. The standard InChI is InChI=1S/C13H10NO2/c1-10-5-2-3-8-13(10)11-6-4-7-12(9-11)14(15)16/h2-4,6-9H,1H3. The van der Waals surface area contributed by atoms with Crippen LogP contribution >= 0.6 is 0 Å². The van der Waals surface area contributed by atoms with Crippen LogP contribution in [-0.4, -0.2) is 4.92 Å². The molecule has 1 radical (unpaired) electrons.